The van der Waals surface area contributed by atoms with Gasteiger partial charge in [-0.25, -0.2) is 5.43 Å². The average Bonchev–Trinajstić information content (AvgIpc) is 2.61. The molecule has 0 aromatic heterocycles. The molecule has 2 aromatic rings. The van der Waals surface area contributed by atoms with Crippen LogP contribution in [0.5, 0.6) is 11.5 Å². The summed E-state index contributed by atoms with van der Waals surface area (Å²) in [5, 5.41) is 15.9. The quantitative estimate of drug-likeness (QED) is 0.275. The topological polar surface area (TPSA) is 100 Å². The number of rotatable bonds is 6. The van der Waals surface area contributed by atoms with E-state index in [4.69, 9.17) is 39.5 Å². The molecular weight excluding hydrogens is 429 g/mol. The van der Waals surface area contributed by atoms with Gasteiger partial charge in [0.2, 0.25) is 15.9 Å². The van der Waals surface area contributed by atoms with Gasteiger partial charge in [-0.3, -0.25) is 9.59 Å². The van der Waals surface area contributed by atoms with Crippen molar-refractivity contribution in [2.45, 2.75) is 16.9 Å². The van der Waals surface area contributed by atoms with Gasteiger partial charge in [0, 0.05) is 6.92 Å². The van der Waals surface area contributed by atoms with Crippen LogP contribution in [0.2, 0.25) is 0 Å². The van der Waals surface area contributed by atoms with Crippen molar-refractivity contribution in [3.05, 3.63) is 59.7 Å². The lowest BCUT2D eigenvalue weighted by Crippen LogP contribution is -2.47. The van der Waals surface area contributed by atoms with Crippen LogP contribution in [-0.2, 0) is 4.79 Å². The van der Waals surface area contributed by atoms with Gasteiger partial charge in [0.25, 0.3) is 5.91 Å². The molecule has 10 heteroatoms. The molecule has 0 heterocycles. The van der Waals surface area contributed by atoms with Crippen molar-refractivity contribution in [1.82, 2.24) is 10.7 Å². The van der Waals surface area contributed by atoms with Crippen LogP contribution in [0.1, 0.15) is 22.8 Å². The minimum atomic E-state index is -1.86. The monoisotopic (exact) mass is 443 g/mol. The molecule has 0 aliphatic heterocycles. The molecule has 7 nitrogen and oxygen atoms in total. The van der Waals surface area contributed by atoms with Crippen molar-refractivity contribution < 1.29 is 19.4 Å². The lowest BCUT2D eigenvalue weighted by molar-refractivity contribution is -0.121. The van der Waals surface area contributed by atoms with Crippen molar-refractivity contribution in [1.29, 1.82) is 0 Å². The molecule has 0 spiro atoms. The number of hydrazone groups is 1. The number of ether oxygens (including phenoxy) is 1. The molecule has 2 aromatic carbocycles. The maximum Gasteiger partial charge on any atom is 0.275 e. The number of phenolic OH excluding ortho intramolecular Hbond substituents is 1. The normalized spacial score (nSPS) is 12.4. The minimum absolute atomic E-state index is 0.110. The second kappa shape index (κ2) is 9.64. The van der Waals surface area contributed by atoms with Crippen LogP contribution >= 0.6 is 34.8 Å². The van der Waals surface area contributed by atoms with E-state index < -0.39 is 21.8 Å². The van der Waals surface area contributed by atoms with E-state index in [0.29, 0.717) is 11.3 Å². The van der Waals surface area contributed by atoms with Crippen LogP contribution < -0.4 is 15.5 Å². The number of hydrogen-bond donors (Lipinski definition) is 3. The van der Waals surface area contributed by atoms with Gasteiger partial charge in [-0.1, -0.05) is 46.9 Å². The van der Waals surface area contributed by atoms with E-state index in [9.17, 15) is 14.7 Å². The van der Waals surface area contributed by atoms with Gasteiger partial charge < -0.3 is 15.2 Å². The number of hydrogen-bond acceptors (Lipinski definition) is 5. The number of benzene rings is 2. The van der Waals surface area contributed by atoms with E-state index in [1.54, 1.807) is 36.4 Å². The van der Waals surface area contributed by atoms with Crippen LogP contribution in [0.3, 0.4) is 0 Å². The van der Waals surface area contributed by atoms with Gasteiger partial charge in [-0.2, -0.15) is 5.10 Å². The number of nitrogens with zero attached hydrogens (tertiary/aromatic N) is 1. The molecule has 1 atom stereocenters. The first-order valence-electron chi connectivity index (χ1n) is 7.89. The molecule has 0 saturated carbocycles. The van der Waals surface area contributed by atoms with Crippen LogP contribution in [-0.4, -0.2) is 33.2 Å². The summed E-state index contributed by atoms with van der Waals surface area (Å²) < 4.78 is 3.63. The number of carbonyl (C=O) groups is 2. The lowest BCUT2D eigenvalue weighted by atomic mass is 10.2. The Balaban J connectivity index is 1.98. The molecule has 0 fully saturated rings. The molecule has 148 valence electrons. The fourth-order valence-corrected chi connectivity index (χ4v) is 2.32. The summed E-state index contributed by atoms with van der Waals surface area (Å²) in [5.74, 6) is -0.754. The van der Waals surface area contributed by atoms with Crippen molar-refractivity contribution in [3.8, 4) is 11.5 Å². The predicted octanol–water partition coefficient (Wildman–Crippen LogP) is 3.37. The molecule has 2 amide bonds. The van der Waals surface area contributed by atoms with E-state index in [0.717, 1.165) is 0 Å². The second-order valence-electron chi connectivity index (χ2n) is 5.53. The summed E-state index contributed by atoms with van der Waals surface area (Å²) in [5.41, 5.74) is 3.07. The van der Waals surface area contributed by atoms with Gasteiger partial charge in [-0.15, -0.1) is 0 Å². The fraction of sp³-hybridized carbons (Fsp3) is 0.167. The standard InChI is InChI=1S/C18H16Cl3N3O4/c1-11(25)23-17(18(19,20)21)28-13-8-6-12(7-9-13)10-22-24-16(27)14-4-2-3-5-15(14)26/h2-10,17,26H,1H3,(H,23,25)(H,24,27)/b22-10-/t17-/m0/s1. The third-order valence-corrected chi connectivity index (χ3v) is 3.89. The highest BCUT2D eigenvalue weighted by atomic mass is 35.6. The van der Waals surface area contributed by atoms with E-state index >= 15 is 0 Å². The highest BCUT2D eigenvalue weighted by Gasteiger charge is 2.35. The molecule has 0 aliphatic rings. The molecule has 28 heavy (non-hydrogen) atoms. The zero-order valence-corrected chi connectivity index (χ0v) is 16.8. The number of amides is 2. The van der Waals surface area contributed by atoms with Crippen LogP contribution in [0.25, 0.3) is 0 Å². The Hall–Kier alpha value is -2.48. The first-order valence-corrected chi connectivity index (χ1v) is 9.02. The lowest BCUT2D eigenvalue weighted by Gasteiger charge is -2.25. The number of nitrogens with one attached hydrogen (secondary N) is 2. The third kappa shape index (κ3) is 6.60. The predicted molar refractivity (Wildman–Crippen MR) is 108 cm³/mol. The second-order valence-corrected chi connectivity index (χ2v) is 7.89. The fourth-order valence-electron chi connectivity index (χ4n) is 2.02. The van der Waals surface area contributed by atoms with Crippen molar-refractivity contribution >= 4 is 52.8 Å². The number of alkyl halides is 3. The van der Waals surface area contributed by atoms with Crippen LogP contribution in [0.15, 0.2) is 53.6 Å². The highest BCUT2D eigenvalue weighted by Crippen LogP contribution is 2.32. The van der Waals surface area contributed by atoms with E-state index in [1.165, 1.54) is 25.3 Å². The molecular formula is C18H16Cl3N3O4. The van der Waals surface area contributed by atoms with Gasteiger partial charge in [0.05, 0.1) is 11.8 Å². The summed E-state index contributed by atoms with van der Waals surface area (Å²) >= 11 is 17.4. The van der Waals surface area contributed by atoms with Gasteiger partial charge in [0.15, 0.2) is 0 Å². The smallest absolute Gasteiger partial charge is 0.275 e. The van der Waals surface area contributed by atoms with Crippen molar-refractivity contribution in [2.75, 3.05) is 0 Å². The van der Waals surface area contributed by atoms with Crippen LogP contribution in [0.4, 0.5) is 0 Å². The first kappa shape index (κ1) is 21.8. The third-order valence-electron chi connectivity index (χ3n) is 3.29. The number of halogens is 3. The number of carbonyl (C=O) groups excluding carboxylic acids is 2. The van der Waals surface area contributed by atoms with Gasteiger partial charge in [-0.05, 0) is 42.0 Å². The summed E-state index contributed by atoms with van der Waals surface area (Å²) in [6, 6.07) is 12.6. The molecule has 0 aliphatic carbocycles. The van der Waals surface area contributed by atoms with Crippen molar-refractivity contribution in [3.63, 3.8) is 0 Å². The Kier molecular flexibility index (Phi) is 7.51. The van der Waals surface area contributed by atoms with Crippen LogP contribution in [0, 0.1) is 0 Å². The summed E-state index contributed by atoms with van der Waals surface area (Å²) in [6.07, 6.45) is 0.231. The number of aromatic hydroxyl groups is 1. The molecule has 0 saturated heterocycles. The van der Waals surface area contributed by atoms with E-state index in [1.807, 2.05) is 0 Å². The molecule has 0 unspecified atom stereocenters. The Morgan fingerprint density at radius 1 is 1.14 bits per heavy atom. The first-order chi connectivity index (χ1) is 13.2. The Morgan fingerprint density at radius 2 is 1.79 bits per heavy atom. The zero-order valence-electron chi connectivity index (χ0n) is 14.5. The molecule has 2 rings (SSSR count). The molecule has 0 bridgehead atoms. The summed E-state index contributed by atoms with van der Waals surface area (Å²) in [6.45, 7) is 1.27. The van der Waals surface area contributed by atoms with E-state index in [2.05, 4.69) is 15.8 Å². The maximum absolute atomic E-state index is 11.9. The average molecular weight is 445 g/mol. The van der Waals surface area contributed by atoms with Crippen molar-refractivity contribution in [2.24, 2.45) is 5.10 Å². The summed E-state index contributed by atoms with van der Waals surface area (Å²) in [4.78, 5) is 23.1. The SMILES string of the molecule is CC(=O)N[C@@H](Oc1ccc(/C=N\NC(=O)c2ccccc2O)cc1)C(Cl)(Cl)Cl. The van der Waals surface area contributed by atoms with Gasteiger partial charge in [0.1, 0.15) is 11.5 Å². The summed E-state index contributed by atoms with van der Waals surface area (Å²) in [7, 11) is 0. The molecule has 0 radical (unpaired) electrons. The Bertz CT molecular complexity index is 867. The minimum Gasteiger partial charge on any atom is -0.507 e. The Morgan fingerprint density at radius 3 is 2.36 bits per heavy atom. The van der Waals surface area contributed by atoms with Gasteiger partial charge >= 0.3 is 0 Å². The Labute approximate surface area is 176 Å². The highest BCUT2D eigenvalue weighted by molar-refractivity contribution is 6.68. The largest absolute Gasteiger partial charge is 0.507 e. The number of phenols is 1. The molecule has 3 N–H and O–H groups in total. The zero-order chi connectivity index (χ0) is 20.7. The van der Waals surface area contributed by atoms with E-state index in [-0.39, 0.29) is 11.3 Å². The maximum atomic E-state index is 11.9. The number of para-hydroxylation sites is 1.